The number of hydrogen-bond acceptors (Lipinski definition) is 2. The summed E-state index contributed by atoms with van der Waals surface area (Å²) in [6.07, 6.45) is 3.42. The zero-order chi connectivity index (χ0) is 17.0. The van der Waals surface area contributed by atoms with Gasteiger partial charge in [0.1, 0.15) is 6.04 Å². The summed E-state index contributed by atoms with van der Waals surface area (Å²) in [5.41, 5.74) is 3.89. The maximum absolute atomic E-state index is 12.6. The van der Waals surface area contributed by atoms with Gasteiger partial charge < -0.3 is 9.88 Å². The van der Waals surface area contributed by atoms with Gasteiger partial charge >= 0.3 is 0 Å². The van der Waals surface area contributed by atoms with Crippen molar-refractivity contribution in [1.82, 2.24) is 4.57 Å². The SMILES string of the molecule is CCc1cccc(CC)c1NC(=O)C(C)n1cc(C)ccc1=O. The molecule has 0 bridgehead atoms. The first-order valence-electron chi connectivity index (χ1n) is 8.08. The van der Waals surface area contributed by atoms with Gasteiger partial charge in [0.25, 0.3) is 5.56 Å². The number of rotatable bonds is 5. The predicted molar refractivity (Wildman–Crippen MR) is 94.0 cm³/mol. The van der Waals surface area contributed by atoms with Gasteiger partial charge in [-0.3, -0.25) is 9.59 Å². The minimum absolute atomic E-state index is 0.169. The van der Waals surface area contributed by atoms with Gasteiger partial charge in [0.15, 0.2) is 0 Å². The Morgan fingerprint density at radius 2 is 1.74 bits per heavy atom. The minimum atomic E-state index is -0.558. The van der Waals surface area contributed by atoms with Crippen molar-refractivity contribution in [1.29, 1.82) is 0 Å². The summed E-state index contributed by atoms with van der Waals surface area (Å²) in [5.74, 6) is -0.173. The lowest BCUT2D eigenvalue weighted by atomic mass is 10.0. The van der Waals surface area contributed by atoms with Crippen LogP contribution in [0.15, 0.2) is 41.3 Å². The Kier molecular flexibility index (Phi) is 5.37. The highest BCUT2D eigenvalue weighted by molar-refractivity contribution is 5.95. The van der Waals surface area contributed by atoms with Gasteiger partial charge in [0, 0.05) is 18.0 Å². The van der Waals surface area contributed by atoms with Gasteiger partial charge in [-0.25, -0.2) is 0 Å². The van der Waals surface area contributed by atoms with Crippen molar-refractivity contribution < 1.29 is 4.79 Å². The molecule has 0 radical (unpaired) electrons. The molecule has 2 rings (SSSR count). The van der Waals surface area contributed by atoms with E-state index in [0.29, 0.717) is 0 Å². The average Bonchev–Trinajstić information content (AvgIpc) is 2.56. The van der Waals surface area contributed by atoms with Crippen molar-refractivity contribution in [2.24, 2.45) is 0 Å². The Morgan fingerprint density at radius 1 is 1.13 bits per heavy atom. The monoisotopic (exact) mass is 312 g/mol. The Morgan fingerprint density at radius 3 is 2.30 bits per heavy atom. The molecule has 0 aliphatic heterocycles. The van der Waals surface area contributed by atoms with E-state index < -0.39 is 6.04 Å². The molecule has 122 valence electrons. The average molecular weight is 312 g/mol. The number of aryl methyl sites for hydroxylation is 3. The summed E-state index contributed by atoms with van der Waals surface area (Å²) in [6, 6.07) is 8.76. The highest BCUT2D eigenvalue weighted by atomic mass is 16.2. The maximum Gasteiger partial charge on any atom is 0.251 e. The third-order valence-electron chi connectivity index (χ3n) is 4.13. The van der Waals surface area contributed by atoms with Crippen LogP contribution in [-0.4, -0.2) is 10.5 Å². The third-order valence-corrected chi connectivity index (χ3v) is 4.13. The van der Waals surface area contributed by atoms with E-state index in [2.05, 4.69) is 19.2 Å². The predicted octanol–water partition coefficient (Wildman–Crippen LogP) is 3.48. The fourth-order valence-electron chi connectivity index (χ4n) is 2.67. The van der Waals surface area contributed by atoms with Gasteiger partial charge in [-0.15, -0.1) is 0 Å². The van der Waals surface area contributed by atoms with Crippen molar-refractivity contribution in [3.8, 4) is 0 Å². The number of aromatic nitrogens is 1. The normalized spacial score (nSPS) is 12.0. The topological polar surface area (TPSA) is 51.1 Å². The molecule has 4 nitrogen and oxygen atoms in total. The summed E-state index contributed by atoms with van der Waals surface area (Å²) in [7, 11) is 0. The molecular formula is C19H24N2O2. The number of carbonyl (C=O) groups is 1. The van der Waals surface area contributed by atoms with Crippen LogP contribution in [0.2, 0.25) is 0 Å². The maximum atomic E-state index is 12.6. The largest absolute Gasteiger partial charge is 0.324 e. The molecule has 0 fully saturated rings. The third kappa shape index (κ3) is 3.70. The molecule has 1 amide bonds. The Balaban J connectivity index is 2.32. The van der Waals surface area contributed by atoms with E-state index in [1.54, 1.807) is 19.2 Å². The zero-order valence-corrected chi connectivity index (χ0v) is 14.2. The van der Waals surface area contributed by atoms with E-state index in [4.69, 9.17) is 0 Å². The summed E-state index contributed by atoms with van der Waals surface area (Å²) in [5, 5.41) is 3.03. The number of benzene rings is 1. The van der Waals surface area contributed by atoms with Crippen molar-refractivity contribution >= 4 is 11.6 Å². The van der Waals surface area contributed by atoms with Gasteiger partial charge in [-0.05, 0) is 43.4 Å². The van der Waals surface area contributed by atoms with Crippen LogP contribution >= 0.6 is 0 Å². The molecule has 2 aromatic rings. The second-order valence-electron chi connectivity index (χ2n) is 5.78. The van der Waals surface area contributed by atoms with Gasteiger partial charge in [-0.1, -0.05) is 38.1 Å². The molecule has 1 atom stereocenters. The van der Waals surface area contributed by atoms with Gasteiger partial charge in [0.05, 0.1) is 0 Å². The molecular weight excluding hydrogens is 288 g/mol. The van der Waals surface area contributed by atoms with Crippen LogP contribution in [-0.2, 0) is 17.6 Å². The van der Waals surface area contributed by atoms with Crippen molar-refractivity contribution in [2.75, 3.05) is 5.32 Å². The summed E-state index contributed by atoms with van der Waals surface area (Å²) >= 11 is 0. The molecule has 1 aromatic heterocycles. The molecule has 23 heavy (non-hydrogen) atoms. The first-order chi connectivity index (χ1) is 11.0. The van der Waals surface area contributed by atoms with E-state index in [9.17, 15) is 9.59 Å². The first-order valence-corrected chi connectivity index (χ1v) is 8.08. The smallest absolute Gasteiger partial charge is 0.251 e. The second-order valence-corrected chi connectivity index (χ2v) is 5.78. The molecule has 1 unspecified atom stereocenters. The van der Waals surface area contributed by atoms with Crippen LogP contribution in [0.5, 0.6) is 0 Å². The molecule has 0 aliphatic carbocycles. The molecule has 0 aliphatic rings. The summed E-state index contributed by atoms with van der Waals surface area (Å²) < 4.78 is 1.48. The van der Waals surface area contributed by atoms with E-state index in [0.717, 1.165) is 35.2 Å². The number of para-hydroxylation sites is 1. The van der Waals surface area contributed by atoms with Gasteiger partial charge in [-0.2, -0.15) is 0 Å². The number of carbonyl (C=O) groups excluding carboxylic acids is 1. The van der Waals surface area contributed by atoms with Crippen LogP contribution in [0.4, 0.5) is 5.69 Å². The zero-order valence-electron chi connectivity index (χ0n) is 14.2. The molecule has 1 heterocycles. The van der Waals surface area contributed by atoms with E-state index >= 15 is 0 Å². The highest BCUT2D eigenvalue weighted by Crippen LogP contribution is 2.23. The molecule has 4 heteroatoms. The molecule has 0 saturated heterocycles. The summed E-state index contributed by atoms with van der Waals surface area (Å²) in [6.45, 7) is 7.79. The van der Waals surface area contributed by atoms with Crippen molar-refractivity contribution in [3.63, 3.8) is 0 Å². The Labute approximate surface area is 137 Å². The number of anilines is 1. The quantitative estimate of drug-likeness (QED) is 0.919. The lowest BCUT2D eigenvalue weighted by Crippen LogP contribution is -2.31. The van der Waals surface area contributed by atoms with E-state index in [-0.39, 0.29) is 11.5 Å². The highest BCUT2D eigenvalue weighted by Gasteiger charge is 2.18. The van der Waals surface area contributed by atoms with Crippen LogP contribution in [0.25, 0.3) is 0 Å². The first kappa shape index (κ1) is 17.0. The molecule has 0 saturated carbocycles. The van der Waals surface area contributed by atoms with Crippen LogP contribution in [0.1, 0.15) is 43.5 Å². The fourth-order valence-corrected chi connectivity index (χ4v) is 2.67. The van der Waals surface area contributed by atoms with Crippen molar-refractivity contribution in [3.05, 3.63) is 63.6 Å². The molecule has 0 spiro atoms. The number of nitrogens with one attached hydrogen (secondary N) is 1. The standard InChI is InChI=1S/C19H24N2O2/c1-5-15-8-7-9-16(6-2)18(15)20-19(23)14(4)21-12-13(3)10-11-17(21)22/h7-12,14H,5-6H2,1-4H3,(H,20,23). The van der Waals surface area contributed by atoms with Crippen LogP contribution < -0.4 is 10.9 Å². The summed E-state index contributed by atoms with van der Waals surface area (Å²) in [4.78, 5) is 24.6. The molecule has 1 N–H and O–H groups in total. The van der Waals surface area contributed by atoms with Gasteiger partial charge in [0.2, 0.25) is 5.91 Å². The number of nitrogens with zero attached hydrogens (tertiary/aromatic N) is 1. The van der Waals surface area contributed by atoms with Crippen LogP contribution in [0.3, 0.4) is 0 Å². The number of pyridine rings is 1. The lowest BCUT2D eigenvalue weighted by molar-refractivity contribution is -0.118. The number of hydrogen-bond donors (Lipinski definition) is 1. The Hall–Kier alpha value is -2.36. The minimum Gasteiger partial charge on any atom is -0.324 e. The Bertz CT molecular complexity index is 740. The van der Waals surface area contributed by atoms with Crippen LogP contribution in [0, 0.1) is 6.92 Å². The second kappa shape index (κ2) is 7.27. The molecule has 1 aromatic carbocycles. The fraction of sp³-hybridized carbons (Fsp3) is 0.368. The van der Waals surface area contributed by atoms with E-state index in [1.165, 1.54) is 10.6 Å². The lowest BCUT2D eigenvalue weighted by Gasteiger charge is -2.19. The number of amides is 1. The van der Waals surface area contributed by atoms with Crippen molar-refractivity contribution in [2.45, 2.75) is 46.6 Å². The van der Waals surface area contributed by atoms with E-state index in [1.807, 2.05) is 25.1 Å².